The number of unbranched alkanes of at least 4 members (excludes halogenated alkanes) is 2. The van der Waals surface area contributed by atoms with Crippen LogP contribution >= 0.6 is 0 Å². The number of carbonyl (C=O) groups is 2. The molecule has 2 rings (SSSR count). The molecular formula is C19H24O3. The summed E-state index contributed by atoms with van der Waals surface area (Å²) in [5, 5.41) is 0. The first-order valence-corrected chi connectivity index (χ1v) is 8.05. The normalized spacial score (nSPS) is 21.6. The van der Waals surface area contributed by atoms with Crippen LogP contribution in [0, 0.1) is 5.92 Å². The summed E-state index contributed by atoms with van der Waals surface area (Å²) < 4.78 is 5.73. The lowest BCUT2D eigenvalue weighted by atomic mass is 9.76. The maximum Gasteiger partial charge on any atom is 0.331 e. The minimum atomic E-state index is -0.794. The number of ketones is 1. The second-order valence-corrected chi connectivity index (χ2v) is 6.01. The Morgan fingerprint density at radius 2 is 1.95 bits per heavy atom. The van der Waals surface area contributed by atoms with Crippen molar-refractivity contribution in [1.29, 1.82) is 0 Å². The molecule has 0 saturated carbocycles. The molecule has 0 unspecified atom stereocenters. The van der Waals surface area contributed by atoms with E-state index in [0.29, 0.717) is 6.42 Å². The summed E-state index contributed by atoms with van der Waals surface area (Å²) in [4.78, 5) is 23.5. The molecule has 0 N–H and O–H groups in total. The fourth-order valence-corrected chi connectivity index (χ4v) is 3.19. The number of cyclic esters (lactones) is 1. The molecule has 0 fully saturated rings. The molecule has 1 heterocycles. The molecule has 1 aliphatic heterocycles. The van der Waals surface area contributed by atoms with Crippen molar-refractivity contribution in [3.8, 4) is 0 Å². The van der Waals surface area contributed by atoms with Crippen LogP contribution in [0.4, 0.5) is 0 Å². The van der Waals surface area contributed by atoms with Gasteiger partial charge in [0.1, 0.15) is 5.78 Å². The van der Waals surface area contributed by atoms with Crippen molar-refractivity contribution >= 4 is 11.8 Å². The second-order valence-electron chi connectivity index (χ2n) is 6.01. The van der Waals surface area contributed by atoms with Crippen molar-refractivity contribution in [1.82, 2.24) is 0 Å². The Labute approximate surface area is 132 Å². The molecular weight excluding hydrogens is 276 g/mol. The Bertz CT molecular complexity index is 547. The number of carbonyl (C=O) groups excluding carboxylic acids is 2. The molecule has 118 valence electrons. The third-order valence-electron chi connectivity index (χ3n) is 4.26. The first kappa shape index (κ1) is 16.5. The zero-order chi connectivity index (χ0) is 16.0. The number of hydrogen-bond donors (Lipinski definition) is 0. The Morgan fingerprint density at radius 3 is 2.50 bits per heavy atom. The summed E-state index contributed by atoms with van der Waals surface area (Å²) in [5.74, 6) is -0.206. The van der Waals surface area contributed by atoms with Gasteiger partial charge in [-0.2, -0.15) is 0 Å². The average molecular weight is 300 g/mol. The monoisotopic (exact) mass is 300 g/mol. The zero-order valence-electron chi connectivity index (χ0n) is 13.4. The van der Waals surface area contributed by atoms with Crippen LogP contribution in [0.25, 0.3) is 0 Å². The van der Waals surface area contributed by atoms with Gasteiger partial charge in [0.25, 0.3) is 0 Å². The molecule has 0 saturated heterocycles. The molecule has 0 aliphatic carbocycles. The Morgan fingerprint density at radius 1 is 1.23 bits per heavy atom. The molecule has 0 amide bonds. The summed E-state index contributed by atoms with van der Waals surface area (Å²) in [5.41, 5.74) is 0.150. The van der Waals surface area contributed by atoms with Gasteiger partial charge in [0.2, 0.25) is 0 Å². The predicted molar refractivity (Wildman–Crippen MR) is 86.3 cm³/mol. The van der Waals surface area contributed by atoms with Gasteiger partial charge in [0.15, 0.2) is 5.60 Å². The van der Waals surface area contributed by atoms with Gasteiger partial charge in [-0.05, 0) is 25.0 Å². The Hall–Kier alpha value is -1.90. The van der Waals surface area contributed by atoms with E-state index in [1.165, 1.54) is 6.08 Å². The van der Waals surface area contributed by atoms with Crippen LogP contribution in [-0.4, -0.2) is 11.8 Å². The number of ether oxygens (including phenoxy) is 1. The summed E-state index contributed by atoms with van der Waals surface area (Å²) in [6, 6.07) is 9.75. The predicted octanol–water partition coefficient (Wildman–Crippen LogP) is 4.17. The average Bonchev–Trinajstić information content (AvgIpc) is 2.90. The molecule has 1 aliphatic rings. The number of benzene rings is 1. The van der Waals surface area contributed by atoms with E-state index in [1.807, 2.05) is 36.4 Å². The van der Waals surface area contributed by atoms with Crippen molar-refractivity contribution in [3.05, 3.63) is 48.0 Å². The van der Waals surface area contributed by atoms with E-state index >= 15 is 0 Å². The summed E-state index contributed by atoms with van der Waals surface area (Å²) in [7, 11) is 0. The molecule has 1 aromatic rings. The molecule has 22 heavy (non-hydrogen) atoms. The molecule has 3 heteroatoms. The molecule has 1 aromatic carbocycles. The van der Waals surface area contributed by atoms with Gasteiger partial charge < -0.3 is 9.53 Å². The molecule has 3 nitrogen and oxygen atoms in total. The highest BCUT2D eigenvalue weighted by molar-refractivity contribution is 5.86. The Kier molecular flexibility index (Phi) is 5.53. The van der Waals surface area contributed by atoms with E-state index in [4.69, 9.17) is 4.74 Å². The van der Waals surface area contributed by atoms with E-state index in [1.54, 1.807) is 6.92 Å². The van der Waals surface area contributed by atoms with Crippen LogP contribution < -0.4 is 0 Å². The highest BCUT2D eigenvalue weighted by atomic mass is 16.6. The van der Waals surface area contributed by atoms with Gasteiger partial charge in [-0.1, -0.05) is 56.5 Å². The quantitative estimate of drug-likeness (QED) is 0.534. The highest BCUT2D eigenvalue weighted by Crippen LogP contribution is 2.43. The molecule has 2 atom stereocenters. The maximum atomic E-state index is 11.8. The van der Waals surface area contributed by atoms with Gasteiger partial charge in [0.05, 0.1) is 0 Å². The summed E-state index contributed by atoms with van der Waals surface area (Å²) >= 11 is 0. The molecule has 0 spiro atoms. The maximum absolute atomic E-state index is 11.8. The van der Waals surface area contributed by atoms with Gasteiger partial charge in [0, 0.05) is 18.4 Å². The van der Waals surface area contributed by atoms with Gasteiger partial charge in [-0.15, -0.1) is 0 Å². The van der Waals surface area contributed by atoms with E-state index in [0.717, 1.165) is 31.2 Å². The number of hydrogen-bond acceptors (Lipinski definition) is 3. The van der Waals surface area contributed by atoms with E-state index < -0.39 is 5.60 Å². The van der Waals surface area contributed by atoms with Gasteiger partial charge in [-0.3, -0.25) is 0 Å². The number of rotatable bonds is 8. The van der Waals surface area contributed by atoms with E-state index in [-0.39, 0.29) is 17.7 Å². The van der Waals surface area contributed by atoms with Crippen LogP contribution in [0.1, 0.15) is 51.5 Å². The second kappa shape index (κ2) is 7.39. The smallest absolute Gasteiger partial charge is 0.331 e. The van der Waals surface area contributed by atoms with E-state index in [2.05, 4.69) is 6.92 Å². The fourth-order valence-electron chi connectivity index (χ4n) is 3.19. The summed E-state index contributed by atoms with van der Waals surface area (Å²) in [6.07, 6.45) is 7.91. The standard InChI is InChI=1S/C19H24O3/c1-3-4-6-11-17(14-15(2)20)19(13-12-18(21)22-19)16-9-7-5-8-10-16/h5,7-10,12-13,17H,3-4,6,11,14H2,1-2H3/t17-,19-/m1/s1. The van der Waals surface area contributed by atoms with Crippen molar-refractivity contribution in [2.75, 3.05) is 0 Å². The van der Waals surface area contributed by atoms with Crippen molar-refractivity contribution < 1.29 is 14.3 Å². The highest BCUT2D eigenvalue weighted by Gasteiger charge is 2.44. The lowest BCUT2D eigenvalue weighted by Gasteiger charge is -2.35. The summed E-state index contributed by atoms with van der Waals surface area (Å²) in [6.45, 7) is 3.76. The third kappa shape index (κ3) is 3.65. The molecule has 0 aromatic heterocycles. The minimum absolute atomic E-state index is 0.0124. The lowest BCUT2D eigenvalue weighted by Crippen LogP contribution is -2.36. The van der Waals surface area contributed by atoms with Crippen molar-refractivity contribution in [2.45, 2.75) is 51.6 Å². The van der Waals surface area contributed by atoms with Crippen molar-refractivity contribution in [2.24, 2.45) is 5.92 Å². The van der Waals surface area contributed by atoms with Crippen LogP contribution in [0.2, 0.25) is 0 Å². The van der Waals surface area contributed by atoms with Crippen LogP contribution in [0.3, 0.4) is 0 Å². The first-order valence-electron chi connectivity index (χ1n) is 8.05. The van der Waals surface area contributed by atoms with Crippen LogP contribution in [0.15, 0.2) is 42.5 Å². The SMILES string of the molecule is CCCCC[C@H](CC(C)=O)[C@]1(c2ccccc2)C=CC(=O)O1. The van der Waals surface area contributed by atoms with E-state index in [9.17, 15) is 9.59 Å². The third-order valence-corrected chi connectivity index (χ3v) is 4.26. The zero-order valence-corrected chi connectivity index (χ0v) is 13.4. The lowest BCUT2D eigenvalue weighted by molar-refractivity contribution is -0.152. The first-order chi connectivity index (χ1) is 10.6. The van der Waals surface area contributed by atoms with Gasteiger partial charge in [-0.25, -0.2) is 4.79 Å². The molecule has 0 bridgehead atoms. The minimum Gasteiger partial charge on any atom is -0.446 e. The van der Waals surface area contributed by atoms with Crippen molar-refractivity contribution in [3.63, 3.8) is 0 Å². The van der Waals surface area contributed by atoms with Gasteiger partial charge >= 0.3 is 5.97 Å². The van der Waals surface area contributed by atoms with Crippen LogP contribution in [-0.2, 0) is 19.9 Å². The molecule has 0 radical (unpaired) electrons. The van der Waals surface area contributed by atoms with Crippen LogP contribution in [0.5, 0.6) is 0 Å². The largest absolute Gasteiger partial charge is 0.446 e. The fraction of sp³-hybridized carbons (Fsp3) is 0.474. The number of Topliss-reactive ketones (excluding diaryl/α,β-unsaturated/α-hetero) is 1. The Balaban J connectivity index is 2.34. The number of esters is 1. The topological polar surface area (TPSA) is 43.4 Å².